The van der Waals surface area contributed by atoms with E-state index in [2.05, 4.69) is 110 Å². The molecule has 0 aromatic heterocycles. The summed E-state index contributed by atoms with van der Waals surface area (Å²) in [5, 5.41) is 2.23. The van der Waals surface area contributed by atoms with Crippen LogP contribution in [0, 0.1) is 11.8 Å². The van der Waals surface area contributed by atoms with Crippen LogP contribution in [0.5, 0.6) is 0 Å². The number of amides is 2. The topological polar surface area (TPSA) is 65.1 Å². The standard InChI is InChI=1S/C38H61NO5Si2/c1-13-30(43-45(11,12)37(5,6)7)21-20-26-34(29(4)35(40)39-33(28(2)3)27-42-36(39)41)44-46(38(8,9)10,31-22-16-14-17-23-31)32-24-18-15-19-25-32/h14-19,22-25,28-30,33-34H,13,20-21,26-27H2,1-12H3/t29?,30-,33-,34-/m0/s1. The minimum Gasteiger partial charge on any atom is -0.447 e. The third-order valence-corrected chi connectivity index (χ3v) is 19.9. The van der Waals surface area contributed by atoms with Gasteiger partial charge in [0.15, 0.2) is 8.32 Å². The number of rotatable bonds is 14. The average Bonchev–Trinajstić information content (AvgIpc) is 3.38. The number of hydrogen-bond acceptors (Lipinski definition) is 5. The summed E-state index contributed by atoms with van der Waals surface area (Å²) < 4.78 is 19.9. The normalized spacial score (nSPS) is 18.4. The zero-order chi connectivity index (χ0) is 34.5. The van der Waals surface area contributed by atoms with E-state index < -0.39 is 34.7 Å². The fourth-order valence-electron chi connectivity index (χ4n) is 6.37. The highest BCUT2D eigenvalue weighted by molar-refractivity contribution is 6.99. The van der Waals surface area contributed by atoms with Crippen LogP contribution in [-0.4, -0.2) is 58.4 Å². The second-order valence-corrected chi connectivity index (χ2v) is 25.1. The number of benzene rings is 2. The van der Waals surface area contributed by atoms with E-state index in [9.17, 15) is 9.59 Å². The Balaban J connectivity index is 2.06. The van der Waals surface area contributed by atoms with Crippen molar-refractivity contribution in [2.75, 3.05) is 6.61 Å². The van der Waals surface area contributed by atoms with Gasteiger partial charge in [0.05, 0.1) is 18.1 Å². The van der Waals surface area contributed by atoms with Crippen LogP contribution < -0.4 is 10.4 Å². The first-order valence-electron chi connectivity index (χ1n) is 17.3. The molecule has 2 aromatic carbocycles. The molecule has 0 radical (unpaired) electrons. The lowest BCUT2D eigenvalue weighted by Crippen LogP contribution is -2.68. The summed E-state index contributed by atoms with van der Waals surface area (Å²) >= 11 is 0. The third-order valence-electron chi connectivity index (χ3n) is 10.3. The number of ether oxygens (including phenoxy) is 1. The Morgan fingerprint density at radius 1 is 0.870 bits per heavy atom. The largest absolute Gasteiger partial charge is 0.447 e. The minimum atomic E-state index is -2.98. The monoisotopic (exact) mass is 667 g/mol. The summed E-state index contributed by atoms with van der Waals surface area (Å²) in [6.07, 6.45) is 2.57. The van der Waals surface area contributed by atoms with Crippen molar-refractivity contribution >= 4 is 39.0 Å². The molecule has 6 nitrogen and oxygen atoms in total. The van der Waals surface area contributed by atoms with Gasteiger partial charge in [0.2, 0.25) is 5.91 Å². The Morgan fingerprint density at radius 3 is 1.83 bits per heavy atom. The SMILES string of the molecule is CC[C@@H](CCC[C@H](O[Si](c1ccccc1)(c1ccccc1)C(C)(C)C)C(C)C(=O)N1C(=O)OC[C@H]1C(C)C)O[Si](C)(C)C(C)(C)C. The molecule has 1 saturated heterocycles. The molecule has 4 atom stereocenters. The molecule has 2 aromatic rings. The number of cyclic esters (lactones) is 1. The fourth-order valence-corrected chi connectivity index (χ4v) is 12.6. The van der Waals surface area contributed by atoms with E-state index in [0.717, 1.165) is 19.3 Å². The molecule has 2 amide bonds. The number of nitrogens with zero attached hydrogens (tertiary/aromatic N) is 1. The zero-order valence-electron chi connectivity index (χ0n) is 30.7. The third kappa shape index (κ3) is 8.41. The molecule has 3 rings (SSSR count). The van der Waals surface area contributed by atoms with Gasteiger partial charge in [0.25, 0.3) is 8.32 Å². The first-order valence-corrected chi connectivity index (χ1v) is 22.2. The van der Waals surface area contributed by atoms with Crippen LogP contribution in [0.25, 0.3) is 0 Å². The van der Waals surface area contributed by atoms with Crippen molar-refractivity contribution in [3.63, 3.8) is 0 Å². The van der Waals surface area contributed by atoms with Gasteiger partial charge < -0.3 is 13.6 Å². The van der Waals surface area contributed by atoms with Crippen molar-refractivity contribution in [2.45, 2.75) is 136 Å². The first-order chi connectivity index (χ1) is 21.4. The van der Waals surface area contributed by atoms with E-state index in [0.29, 0.717) is 6.42 Å². The minimum absolute atomic E-state index is 0.0939. The second-order valence-electron chi connectivity index (χ2n) is 16.0. The molecule has 0 N–H and O–H groups in total. The van der Waals surface area contributed by atoms with Crippen molar-refractivity contribution in [1.29, 1.82) is 0 Å². The fraction of sp³-hybridized carbons (Fsp3) is 0.632. The molecule has 0 saturated carbocycles. The highest BCUT2D eigenvalue weighted by Gasteiger charge is 2.53. The Morgan fingerprint density at radius 2 is 1.39 bits per heavy atom. The smallest absolute Gasteiger partial charge is 0.416 e. The van der Waals surface area contributed by atoms with Gasteiger partial charge >= 0.3 is 6.09 Å². The van der Waals surface area contributed by atoms with E-state index in [1.54, 1.807) is 0 Å². The zero-order valence-corrected chi connectivity index (χ0v) is 32.7. The van der Waals surface area contributed by atoms with E-state index >= 15 is 0 Å². The van der Waals surface area contributed by atoms with E-state index in [-0.39, 0.29) is 40.7 Å². The second kappa shape index (κ2) is 15.3. The highest BCUT2D eigenvalue weighted by Crippen LogP contribution is 2.41. The van der Waals surface area contributed by atoms with Gasteiger partial charge in [-0.25, -0.2) is 9.69 Å². The molecule has 0 spiro atoms. The van der Waals surface area contributed by atoms with Crippen molar-refractivity contribution in [1.82, 2.24) is 4.90 Å². The number of imide groups is 1. The summed E-state index contributed by atoms with van der Waals surface area (Å²) in [6, 6.07) is 20.8. The average molecular weight is 668 g/mol. The maximum Gasteiger partial charge on any atom is 0.416 e. The van der Waals surface area contributed by atoms with Crippen LogP contribution in [0.4, 0.5) is 4.79 Å². The van der Waals surface area contributed by atoms with Crippen molar-refractivity contribution in [2.24, 2.45) is 11.8 Å². The quantitative estimate of drug-likeness (QED) is 0.189. The number of carbonyl (C=O) groups excluding carboxylic acids is 2. The molecule has 1 heterocycles. The first kappa shape index (κ1) is 38.2. The predicted octanol–water partition coefficient (Wildman–Crippen LogP) is 8.54. The van der Waals surface area contributed by atoms with E-state index in [4.69, 9.17) is 13.6 Å². The molecule has 0 bridgehead atoms. The Hall–Kier alpha value is -2.27. The summed E-state index contributed by atoms with van der Waals surface area (Å²) in [7, 11) is -4.91. The lowest BCUT2D eigenvalue weighted by Gasteiger charge is -2.46. The molecule has 1 aliphatic heterocycles. The molecule has 1 aliphatic rings. The molecule has 256 valence electrons. The van der Waals surface area contributed by atoms with Crippen LogP contribution in [0.3, 0.4) is 0 Å². The van der Waals surface area contributed by atoms with Crippen molar-refractivity contribution in [3.8, 4) is 0 Å². The van der Waals surface area contributed by atoms with Crippen molar-refractivity contribution < 1.29 is 23.2 Å². The van der Waals surface area contributed by atoms with Crippen LogP contribution in [0.15, 0.2) is 60.7 Å². The van der Waals surface area contributed by atoms with Gasteiger partial charge in [-0.3, -0.25) is 4.79 Å². The van der Waals surface area contributed by atoms with Gasteiger partial charge in [-0.2, -0.15) is 0 Å². The van der Waals surface area contributed by atoms with Crippen LogP contribution in [0.1, 0.15) is 94.9 Å². The lowest BCUT2D eigenvalue weighted by molar-refractivity contribution is -0.136. The Kier molecular flexibility index (Phi) is 12.7. The molecular weight excluding hydrogens is 607 g/mol. The van der Waals surface area contributed by atoms with E-state index in [1.165, 1.54) is 15.3 Å². The summed E-state index contributed by atoms with van der Waals surface area (Å²) in [5.41, 5.74) is 0. The van der Waals surface area contributed by atoms with Gasteiger partial charge in [-0.15, -0.1) is 0 Å². The predicted molar refractivity (Wildman–Crippen MR) is 195 cm³/mol. The molecule has 1 fully saturated rings. The van der Waals surface area contributed by atoms with Crippen LogP contribution in [0.2, 0.25) is 23.2 Å². The highest BCUT2D eigenvalue weighted by atomic mass is 28.4. The van der Waals surface area contributed by atoms with Gasteiger partial charge in [-0.05, 0) is 65.1 Å². The molecule has 0 aliphatic carbocycles. The van der Waals surface area contributed by atoms with Gasteiger partial charge in [0.1, 0.15) is 6.61 Å². The number of carbonyl (C=O) groups is 2. The van der Waals surface area contributed by atoms with Gasteiger partial charge in [0, 0.05) is 6.10 Å². The van der Waals surface area contributed by atoms with Gasteiger partial charge in [-0.1, -0.05) is 130 Å². The van der Waals surface area contributed by atoms with Crippen molar-refractivity contribution in [3.05, 3.63) is 60.7 Å². The molecular formula is C38H61NO5Si2. The summed E-state index contributed by atoms with van der Waals surface area (Å²) in [4.78, 5) is 28.6. The van der Waals surface area contributed by atoms with Crippen LogP contribution >= 0.6 is 0 Å². The summed E-state index contributed by atoms with van der Waals surface area (Å²) in [5.74, 6) is -0.667. The Labute approximate surface area is 281 Å². The Bertz CT molecular complexity index is 1230. The maximum atomic E-state index is 14.3. The van der Waals surface area contributed by atoms with E-state index in [1.807, 2.05) is 32.9 Å². The molecule has 8 heteroatoms. The van der Waals surface area contributed by atoms with Crippen LogP contribution in [-0.2, 0) is 18.4 Å². The molecule has 46 heavy (non-hydrogen) atoms. The molecule has 1 unspecified atom stereocenters. The number of hydrogen-bond donors (Lipinski definition) is 0. The maximum absolute atomic E-state index is 14.3. The lowest BCUT2D eigenvalue weighted by atomic mass is 9.95. The summed E-state index contributed by atoms with van der Waals surface area (Å²) in [6.45, 7) is 26.7.